The van der Waals surface area contributed by atoms with Gasteiger partial charge in [0.05, 0.1) is 12.8 Å². The van der Waals surface area contributed by atoms with E-state index in [9.17, 15) is 0 Å². The van der Waals surface area contributed by atoms with Crippen LogP contribution in [-0.2, 0) is 13.1 Å². The molecule has 1 aliphatic rings. The summed E-state index contributed by atoms with van der Waals surface area (Å²) in [4.78, 5) is 2.55. The van der Waals surface area contributed by atoms with Gasteiger partial charge in [0.1, 0.15) is 5.76 Å². The molecule has 0 saturated carbocycles. The van der Waals surface area contributed by atoms with Crippen molar-refractivity contribution in [2.45, 2.75) is 53.1 Å². The van der Waals surface area contributed by atoms with E-state index in [0.717, 1.165) is 31.3 Å². The Morgan fingerprint density at radius 1 is 1.45 bits per heavy atom. The minimum atomic E-state index is 0.693. The summed E-state index contributed by atoms with van der Waals surface area (Å²) in [5.74, 6) is 2.75. The Morgan fingerprint density at radius 2 is 2.30 bits per heavy atom. The summed E-state index contributed by atoms with van der Waals surface area (Å²) in [6.07, 6.45) is 5.87. The zero-order chi connectivity index (χ0) is 14.4. The zero-order valence-electron chi connectivity index (χ0n) is 13.3. The lowest BCUT2D eigenvalue weighted by Crippen LogP contribution is -2.22. The Morgan fingerprint density at radius 3 is 3.05 bits per heavy atom. The van der Waals surface area contributed by atoms with Crippen LogP contribution in [0.4, 0.5) is 0 Å². The van der Waals surface area contributed by atoms with Gasteiger partial charge in [-0.05, 0) is 43.8 Å². The van der Waals surface area contributed by atoms with Crippen molar-refractivity contribution in [3.63, 3.8) is 0 Å². The van der Waals surface area contributed by atoms with Crippen LogP contribution in [0.15, 0.2) is 16.7 Å². The van der Waals surface area contributed by atoms with E-state index < -0.39 is 0 Å². The van der Waals surface area contributed by atoms with Gasteiger partial charge in [-0.15, -0.1) is 0 Å². The predicted octanol–water partition coefficient (Wildman–Crippen LogP) is 3.65. The van der Waals surface area contributed by atoms with Gasteiger partial charge in [-0.1, -0.05) is 27.2 Å². The monoisotopic (exact) mass is 278 g/mol. The van der Waals surface area contributed by atoms with E-state index in [1.807, 2.05) is 6.26 Å². The second-order valence-electron chi connectivity index (χ2n) is 6.57. The summed E-state index contributed by atoms with van der Waals surface area (Å²) in [5, 5.41) is 3.50. The fourth-order valence-corrected chi connectivity index (χ4v) is 3.06. The highest BCUT2D eigenvalue weighted by atomic mass is 16.3. The molecule has 2 rings (SSSR count). The zero-order valence-corrected chi connectivity index (χ0v) is 13.3. The number of nitrogens with zero attached hydrogens (tertiary/aromatic N) is 1. The molecular formula is C17H30N2O. The van der Waals surface area contributed by atoms with Crippen LogP contribution in [0.2, 0.25) is 0 Å². The molecule has 114 valence electrons. The molecule has 1 aromatic rings. The lowest BCUT2D eigenvalue weighted by molar-refractivity contribution is 0.282. The smallest absolute Gasteiger partial charge is 0.122 e. The number of rotatable bonds is 8. The Labute approximate surface area is 123 Å². The van der Waals surface area contributed by atoms with Gasteiger partial charge >= 0.3 is 0 Å². The summed E-state index contributed by atoms with van der Waals surface area (Å²) < 4.78 is 5.70. The van der Waals surface area contributed by atoms with Crippen molar-refractivity contribution in [3.8, 4) is 0 Å². The van der Waals surface area contributed by atoms with E-state index in [4.69, 9.17) is 4.42 Å². The van der Waals surface area contributed by atoms with Crippen LogP contribution in [-0.4, -0.2) is 24.5 Å². The molecule has 20 heavy (non-hydrogen) atoms. The second-order valence-corrected chi connectivity index (χ2v) is 6.57. The molecule has 0 aliphatic carbocycles. The summed E-state index contributed by atoms with van der Waals surface area (Å²) in [7, 11) is 0. The van der Waals surface area contributed by atoms with Gasteiger partial charge in [0.15, 0.2) is 0 Å². The average Bonchev–Trinajstić information content (AvgIpc) is 3.01. The number of hydrogen-bond acceptors (Lipinski definition) is 3. The van der Waals surface area contributed by atoms with Gasteiger partial charge in [-0.2, -0.15) is 0 Å². The molecule has 0 spiro atoms. The number of nitrogens with one attached hydrogen (secondary N) is 1. The Bertz CT molecular complexity index is 386. The quantitative estimate of drug-likeness (QED) is 0.787. The van der Waals surface area contributed by atoms with Crippen molar-refractivity contribution in [3.05, 3.63) is 23.7 Å². The third-order valence-electron chi connectivity index (χ3n) is 4.14. The first-order valence-electron chi connectivity index (χ1n) is 8.17. The molecule has 0 amide bonds. The summed E-state index contributed by atoms with van der Waals surface area (Å²) in [6, 6.07) is 2.11. The van der Waals surface area contributed by atoms with Crippen molar-refractivity contribution in [1.29, 1.82) is 0 Å². The van der Waals surface area contributed by atoms with Gasteiger partial charge < -0.3 is 9.73 Å². The maximum absolute atomic E-state index is 5.70. The molecule has 1 atom stereocenters. The molecule has 1 unspecified atom stereocenters. The molecule has 3 nitrogen and oxygen atoms in total. The van der Waals surface area contributed by atoms with Gasteiger partial charge in [-0.3, -0.25) is 4.90 Å². The number of hydrogen-bond donors (Lipinski definition) is 1. The van der Waals surface area contributed by atoms with Gasteiger partial charge in [0, 0.05) is 18.7 Å². The van der Waals surface area contributed by atoms with E-state index in [0.29, 0.717) is 5.92 Å². The molecule has 0 radical (unpaired) electrons. The first kappa shape index (κ1) is 15.6. The minimum Gasteiger partial charge on any atom is -0.468 e. The first-order valence-corrected chi connectivity index (χ1v) is 8.17. The van der Waals surface area contributed by atoms with Crippen LogP contribution in [0.25, 0.3) is 0 Å². The summed E-state index contributed by atoms with van der Waals surface area (Å²) in [5.41, 5.74) is 1.32. The molecule has 1 fully saturated rings. The van der Waals surface area contributed by atoms with Crippen molar-refractivity contribution in [2.75, 3.05) is 19.6 Å². The van der Waals surface area contributed by atoms with Crippen LogP contribution in [0.5, 0.6) is 0 Å². The first-order chi connectivity index (χ1) is 9.69. The molecular weight excluding hydrogens is 248 g/mol. The van der Waals surface area contributed by atoms with Crippen LogP contribution in [0.1, 0.15) is 51.4 Å². The Balaban J connectivity index is 1.80. The van der Waals surface area contributed by atoms with Crippen LogP contribution < -0.4 is 5.32 Å². The van der Waals surface area contributed by atoms with Crippen LogP contribution in [0, 0.1) is 11.8 Å². The van der Waals surface area contributed by atoms with Gasteiger partial charge in [0.2, 0.25) is 0 Å². The molecule has 1 aliphatic heterocycles. The molecule has 0 aromatic carbocycles. The largest absolute Gasteiger partial charge is 0.468 e. The fourth-order valence-electron chi connectivity index (χ4n) is 3.06. The van der Waals surface area contributed by atoms with Crippen molar-refractivity contribution in [1.82, 2.24) is 10.2 Å². The molecule has 1 N–H and O–H groups in total. The average molecular weight is 278 g/mol. The molecule has 0 bridgehead atoms. The predicted molar refractivity (Wildman–Crippen MR) is 83.5 cm³/mol. The highest BCUT2D eigenvalue weighted by Gasteiger charge is 2.23. The number of likely N-dealkylation sites (tertiary alicyclic amines) is 1. The fraction of sp³-hybridized carbons (Fsp3) is 0.765. The summed E-state index contributed by atoms with van der Waals surface area (Å²) in [6.45, 7) is 12.2. The maximum Gasteiger partial charge on any atom is 0.122 e. The second kappa shape index (κ2) is 7.84. The molecule has 3 heteroatoms. The minimum absolute atomic E-state index is 0.693. The highest BCUT2D eigenvalue weighted by molar-refractivity contribution is 5.17. The number of furan rings is 1. The molecule has 2 heterocycles. The Kier molecular flexibility index (Phi) is 6.11. The van der Waals surface area contributed by atoms with E-state index in [1.54, 1.807) is 0 Å². The third kappa shape index (κ3) is 4.64. The van der Waals surface area contributed by atoms with E-state index >= 15 is 0 Å². The molecule has 1 saturated heterocycles. The van der Waals surface area contributed by atoms with E-state index in [-0.39, 0.29) is 0 Å². The molecule has 1 aromatic heterocycles. The van der Waals surface area contributed by atoms with E-state index in [1.165, 1.54) is 37.9 Å². The Hall–Kier alpha value is -0.800. The summed E-state index contributed by atoms with van der Waals surface area (Å²) >= 11 is 0. The van der Waals surface area contributed by atoms with Crippen molar-refractivity contribution < 1.29 is 4.42 Å². The topological polar surface area (TPSA) is 28.4 Å². The lowest BCUT2D eigenvalue weighted by atomic mass is 10.0. The standard InChI is InChI=1S/C17H30N2O/c1-4-5-15-6-8-19(12-15)13-17-16(7-9-20-17)11-18-10-14(2)3/h7,9,14-15,18H,4-6,8,10-13H2,1-3H3. The van der Waals surface area contributed by atoms with Crippen molar-refractivity contribution >= 4 is 0 Å². The SMILES string of the molecule is CCCC1CCN(Cc2occc2CNCC(C)C)C1. The maximum atomic E-state index is 5.70. The highest BCUT2D eigenvalue weighted by Crippen LogP contribution is 2.23. The normalized spacial score (nSPS) is 20.1. The van der Waals surface area contributed by atoms with Crippen LogP contribution in [0.3, 0.4) is 0 Å². The van der Waals surface area contributed by atoms with Crippen molar-refractivity contribution in [2.24, 2.45) is 11.8 Å². The van der Waals surface area contributed by atoms with Gasteiger partial charge in [0.25, 0.3) is 0 Å². The third-order valence-corrected chi connectivity index (χ3v) is 4.14. The van der Waals surface area contributed by atoms with Crippen LogP contribution >= 0.6 is 0 Å². The lowest BCUT2D eigenvalue weighted by Gasteiger charge is -2.15. The van der Waals surface area contributed by atoms with E-state index in [2.05, 4.69) is 37.1 Å². The van der Waals surface area contributed by atoms with Gasteiger partial charge in [-0.25, -0.2) is 0 Å².